The summed E-state index contributed by atoms with van der Waals surface area (Å²) >= 11 is 0. The molecule has 1 aliphatic heterocycles. The number of aliphatic carboxylic acids is 1. The lowest BCUT2D eigenvalue weighted by Crippen LogP contribution is -2.59. The van der Waals surface area contributed by atoms with Gasteiger partial charge in [-0.25, -0.2) is 0 Å². The zero-order chi connectivity index (χ0) is 35.7. The van der Waals surface area contributed by atoms with Crippen molar-refractivity contribution in [2.24, 2.45) is 11.8 Å². The number of fused-ring (bicyclic) bond motifs is 1. The van der Waals surface area contributed by atoms with Crippen LogP contribution in [-0.4, -0.2) is 98.0 Å². The first kappa shape index (κ1) is 37.9. The summed E-state index contributed by atoms with van der Waals surface area (Å²) in [5.41, 5.74) is 1.05. The molecule has 0 bridgehead atoms. The number of carboxylic acids is 1. The maximum atomic E-state index is 13.9. The summed E-state index contributed by atoms with van der Waals surface area (Å²) in [4.78, 5) is 91.8. The number of rotatable bonds is 11. The second-order valence-corrected chi connectivity index (χ2v) is 14.2. The molecule has 0 saturated carbocycles. The number of amides is 5. The van der Waals surface area contributed by atoms with Crippen LogP contribution in [0.1, 0.15) is 52.5 Å². The lowest BCUT2D eigenvalue weighted by molar-refractivity contribution is -0.141. The molecule has 1 aromatic carbocycles. The van der Waals surface area contributed by atoms with Crippen molar-refractivity contribution in [2.75, 3.05) is 12.0 Å². The van der Waals surface area contributed by atoms with Crippen LogP contribution in [0.25, 0.3) is 10.9 Å². The van der Waals surface area contributed by atoms with Gasteiger partial charge in [0.05, 0.1) is 11.9 Å². The van der Waals surface area contributed by atoms with Gasteiger partial charge in [-0.2, -0.15) is 0 Å². The summed E-state index contributed by atoms with van der Waals surface area (Å²) in [6.07, 6.45) is 2.54. The number of nitrogens with zero attached hydrogens (tertiary/aromatic N) is 1. The van der Waals surface area contributed by atoms with E-state index in [-0.39, 0.29) is 30.9 Å². The van der Waals surface area contributed by atoms with Crippen molar-refractivity contribution in [1.29, 1.82) is 0 Å². The Morgan fingerprint density at radius 2 is 1.42 bits per heavy atom. The van der Waals surface area contributed by atoms with Gasteiger partial charge in [0.1, 0.15) is 30.2 Å². The zero-order valence-electron chi connectivity index (χ0n) is 27.6. The molecule has 48 heavy (non-hydrogen) atoms. The fourth-order valence-electron chi connectivity index (χ4n) is 5.46. The Bertz CT molecular complexity index is 1570. The van der Waals surface area contributed by atoms with Crippen LogP contribution >= 0.6 is 0 Å². The molecular formula is C32H44N6O9S. The van der Waals surface area contributed by atoms with Crippen molar-refractivity contribution in [3.63, 3.8) is 0 Å². The monoisotopic (exact) mass is 688 g/mol. The minimum absolute atomic E-state index is 0.00177. The molecule has 6 N–H and O–H groups in total. The van der Waals surface area contributed by atoms with Crippen LogP contribution in [0.3, 0.4) is 0 Å². The number of nitrogens with one attached hydrogen (secondary N) is 5. The number of carbonyl (C=O) groups excluding carboxylic acids is 6. The number of carbonyl (C=O) groups is 7. The molecule has 1 aromatic heterocycles. The predicted molar refractivity (Wildman–Crippen MR) is 178 cm³/mol. The number of benzene rings is 1. The third-order valence-electron chi connectivity index (χ3n) is 7.92. The van der Waals surface area contributed by atoms with E-state index in [1.54, 1.807) is 38.1 Å². The van der Waals surface area contributed by atoms with Crippen molar-refractivity contribution in [3.05, 3.63) is 36.0 Å². The quantitative estimate of drug-likeness (QED) is 0.169. The second kappa shape index (κ2) is 17.0. The first-order valence-electron chi connectivity index (χ1n) is 15.7. The number of carboxylic acid groups (broad SMARTS) is 1. The summed E-state index contributed by atoms with van der Waals surface area (Å²) in [5, 5.41) is 23.1. The number of aromatic nitrogens is 1. The molecule has 6 atom stereocenters. The Balaban J connectivity index is 2.13. The minimum Gasteiger partial charge on any atom is -0.481 e. The molecule has 5 amide bonds. The summed E-state index contributed by atoms with van der Waals surface area (Å²) < 4.78 is 13.2. The highest BCUT2D eigenvalue weighted by Gasteiger charge is 2.36. The molecule has 1 saturated heterocycles. The Morgan fingerprint density at radius 1 is 0.854 bits per heavy atom. The fraction of sp³-hybridized carbons (Fsp3) is 0.531. The highest BCUT2D eigenvalue weighted by Crippen LogP contribution is 2.22. The smallest absolute Gasteiger partial charge is 0.305 e. The lowest BCUT2D eigenvalue weighted by Gasteiger charge is -2.28. The van der Waals surface area contributed by atoms with Gasteiger partial charge in [0.25, 0.3) is 0 Å². The lowest BCUT2D eigenvalue weighted by atomic mass is 9.98. The van der Waals surface area contributed by atoms with Crippen LogP contribution in [0, 0.1) is 11.8 Å². The molecule has 1 unspecified atom stereocenters. The molecule has 2 aromatic rings. The topological polar surface area (TPSA) is 222 Å². The first-order valence-corrected chi connectivity index (χ1v) is 17.4. The van der Waals surface area contributed by atoms with Crippen LogP contribution in [0.2, 0.25) is 0 Å². The van der Waals surface area contributed by atoms with Gasteiger partial charge in [-0.1, -0.05) is 45.9 Å². The van der Waals surface area contributed by atoms with Crippen molar-refractivity contribution in [2.45, 2.75) is 83.6 Å². The van der Waals surface area contributed by atoms with E-state index >= 15 is 0 Å². The van der Waals surface area contributed by atoms with E-state index < -0.39 is 88.9 Å². The molecule has 0 radical (unpaired) electrons. The third-order valence-corrected chi connectivity index (χ3v) is 8.73. The molecule has 0 aliphatic carbocycles. The Hall–Kier alpha value is -4.60. The van der Waals surface area contributed by atoms with Gasteiger partial charge < -0.3 is 31.7 Å². The van der Waals surface area contributed by atoms with Crippen LogP contribution < -0.4 is 26.6 Å². The van der Waals surface area contributed by atoms with Crippen molar-refractivity contribution in [3.8, 4) is 0 Å². The van der Waals surface area contributed by atoms with E-state index in [4.69, 9.17) is 0 Å². The summed E-state index contributed by atoms with van der Waals surface area (Å²) in [6, 6.07) is 0.237. The SMILES string of the molecule is CC(C)C[C@@H]1NC(=O)[C@@H](C(C)C)NC(=O)[C@H](CCS(C)=O)NC(=O)[C@@H](CC(=O)O)NC(=O)[C@@H](Cc2cn(C=O)c3ccccc23)NC1=O. The van der Waals surface area contributed by atoms with Gasteiger partial charge in [0, 0.05) is 40.8 Å². The van der Waals surface area contributed by atoms with Crippen molar-refractivity contribution in [1.82, 2.24) is 31.2 Å². The predicted octanol–water partition coefficient (Wildman–Crippen LogP) is -0.395. The van der Waals surface area contributed by atoms with Gasteiger partial charge in [0.15, 0.2) is 0 Å². The van der Waals surface area contributed by atoms with Gasteiger partial charge >= 0.3 is 5.97 Å². The van der Waals surface area contributed by atoms with Crippen LogP contribution in [0.4, 0.5) is 0 Å². The molecule has 1 fully saturated rings. The number of hydrogen-bond acceptors (Lipinski definition) is 8. The highest BCUT2D eigenvalue weighted by molar-refractivity contribution is 7.84. The Labute approximate surface area is 280 Å². The standard InChI is InChI=1S/C32H44N6O9S/c1-17(2)12-22-29(43)34-23(13-19-15-38(16-39)25-9-7-6-8-20(19)25)30(44)35-24(14-26(40)41)31(45)33-21(10-11-48(5)47)28(42)37-27(18(3)4)32(46)36-22/h6-9,15-18,21-24,27H,10-14H2,1-5H3,(H,33,45)(H,34,43)(H,35,44)(H,36,46)(H,37,42)(H,40,41)/t21-,22-,23+,24+,27+,48?/m0/s1. The highest BCUT2D eigenvalue weighted by atomic mass is 32.2. The third kappa shape index (κ3) is 10.2. The van der Waals surface area contributed by atoms with E-state index in [2.05, 4.69) is 26.6 Å². The van der Waals surface area contributed by atoms with Crippen LogP contribution in [-0.2, 0) is 50.8 Å². The summed E-state index contributed by atoms with van der Waals surface area (Å²) in [6.45, 7) is 7.04. The number of para-hydroxylation sites is 1. The second-order valence-electron chi connectivity index (χ2n) is 12.7. The average molecular weight is 689 g/mol. The van der Waals surface area contributed by atoms with Gasteiger partial charge in [-0.3, -0.25) is 42.3 Å². The molecular weight excluding hydrogens is 644 g/mol. The first-order chi connectivity index (χ1) is 22.6. The van der Waals surface area contributed by atoms with Crippen molar-refractivity contribution < 1.29 is 42.9 Å². The van der Waals surface area contributed by atoms with E-state index in [1.165, 1.54) is 17.0 Å². The largest absolute Gasteiger partial charge is 0.481 e. The average Bonchev–Trinajstić information content (AvgIpc) is 3.36. The molecule has 15 nitrogen and oxygen atoms in total. The summed E-state index contributed by atoms with van der Waals surface area (Å²) in [5.74, 6) is -6.07. The zero-order valence-corrected chi connectivity index (χ0v) is 28.4. The summed E-state index contributed by atoms with van der Waals surface area (Å²) in [7, 11) is -1.36. The maximum absolute atomic E-state index is 13.9. The minimum atomic E-state index is -1.68. The van der Waals surface area contributed by atoms with Gasteiger partial charge in [-0.15, -0.1) is 0 Å². The normalized spacial score (nSPS) is 23.7. The maximum Gasteiger partial charge on any atom is 0.305 e. The molecule has 2 heterocycles. The molecule has 1 aliphatic rings. The van der Waals surface area contributed by atoms with E-state index in [0.717, 1.165) is 0 Å². The van der Waals surface area contributed by atoms with Crippen molar-refractivity contribution >= 4 is 63.6 Å². The molecule has 0 spiro atoms. The molecule has 3 rings (SSSR count). The fourth-order valence-corrected chi connectivity index (χ4v) is 6.03. The molecule has 16 heteroatoms. The van der Waals surface area contributed by atoms with Crippen LogP contribution in [0.5, 0.6) is 0 Å². The molecule has 262 valence electrons. The van der Waals surface area contributed by atoms with E-state index in [9.17, 15) is 42.9 Å². The Morgan fingerprint density at radius 3 is 2.02 bits per heavy atom. The van der Waals surface area contributed by atoms with Crippen LogP contribution in [0.15, 0.2) is 30.5 Å². The van der Waals surface area contributed by atoms with E-state index in [1.807, 2.05) is 13.8 Å². The van der Waals surface area contributed by atoms with Gasteiger partial charge in [-0.05, 0) is 36.3 Å². The Kier molecular flexibility index (Phi) is 13.4. The number of hydrogen-bond donors (Lipinski definition) is 6. The van der Waals surface area contributed by atoms with E-state index in [0.29, 0.717) is 22.9 Å². The van der Waals surface area contributed by atoms with Gasteiger partial charge in [0.2, 0.25) is 35.9 Å².